The number of carbonyl (C=O) groups excluding carboxylic acids is 1. The highest BCUT2D eigenvalue weighted by Gasteiger charge is 2.25. The highest BCUT2D eigenvalue weighted by atomic mass is 32.2. The fourth-order valence-electron chi connectivity index (χ4n) is 4.29. The predicted molar refractivity (Wildman–Crippen MR) is 118 cm³/mol. The standard InChI is InChI=1S/C23H29N3O2S/c27-22-11-10-21(19-6-2-1-3-7-19)24-26(22)16-18-12-14-25(15-13-18)23(28)17-29-20-8-4-5-9-20/h1-3,6-7,10-11,18,20H,4-5,8-9,12-17H2. The van der Waals surface area contributed by atoms with Crippen LogP contribution in [0.3, 0.4) is 0 Å². The molecule has 1 aliphatic heterocycles. The minimum absolute atomic E-state index is 0.0591. The van der Waals surface area contributed by atoms with E-state index in [4.69, 9.17) is 0 Å². The van der Waals surface area contributed by atoms with Crippen LogP contribution >= 0.6 is 11.8 Å². The summed E-state index contributed by atoms with van der Waals surface area (Å²) >= 11 is 1.84. The zero-order valence-electron chi connectivity index (χ0n) is 16.8. The van der Waals surface area contributed by atoms with Gasteiger partial charge in [0.15, 0.2) is 0 Å². The molecule has 1 amide bonds. The molecular weight excluding hydrogens is 382 g/mol. The van der Waals surface area contributed by atoms with Crippen molar-refractivity contribution in [2.75, 3.05) is 18.8 Å². The molecule has 0 radical (unpaired) electrons. The molecule has 2 heterocycles. The lowest BCUT2D eigenvalue weighted by atomic mass is 9.97. The monoisotopic (exact) mass is 411 g/mol. The second-order valence-corrected chi connectivity index (χ2v) is 9.44. The summed E-state index contributed by atoms with van der Waals surface area (Å²) in [7, 11) is 0. The Morgan fingerprint density at radius 3 is 2.45 bits per heavy atom. The fraction of sp³-hybridized carbons (Fsp3) is 0.522. The van der Waals surface area contributed by atoms with E-state index >= 15 is 0 Å². The number of piperidine rings is 1. The lowest BCUT2D eigenvalue weighted by Gasteiger charge is -2.32. The predicted octanol–water partition coefficient (Wildman–Crippen LogP) is 3.82. The molecule has 1 aromatic carbocycles. The lowest BCUT2D eigenvalue weighted by molar-refractivity contribution is -0.129. The molecule has 0 spiro atoms. The van der Waals surface area contributed by atoms with Gasteiger partial charge in [-0.05, 0) is 37.7 Å². The van der Waals surface area contributed by atoms with Crippen molar-refractivity contribution in [3.63, 3.8) is 0 Å². The third kappa shape index (κ3) is 5.30. The number of benzene rings is 1. The quantitative estimate of drug-likeness (QED) is 0.725. The number of aromatic nitrogens is 2. The smallest absolute Gasteiger partial charge is 0.266 e. The van der Waals surface area contributed by atoms with Gasteiger partial charge in [0, 0.05) is 36.5 Å². The van der Waals surface area contributed by atoms with Crippen LogP contribution in [0.2, 0.25) is 0 Å². The van der Waals surface area contributed by atoms with Gasteiger partial charge in [-0.15, -0.1) is 11.8 Å². The molecule has 0 N–H and O–H groups in total. The van der Waals surface area contributed by atoms with E-state index in [-0.39, 0.29) is 11.5 Å². The average molecular weight is 412 g/mol. The topological polar surface area (TPSA) is 55.2 Å². The summed E-state index contributed by atoms with van der Waals surface area (Å²) < 4.78 is 1.60. The zero-order valence-corrected chi connectivity index (χ0v) is 17.7. The largest absolute Gasteiger partial charge is 0.342 e. The molecule has 0 atom stereocenters. The van der Waals surface area contributed by atoms with Crippen molar-refractivity contribution in [1.29, 1.82) is 0 Å². The van der Waals surface area contributed by atoms with E-state index in [1.165, 1.54) is 25.7 Å². The van der Waals surface area contributed by atoms with Gasteiger partial charge < -0.3 is 4.90 Å². The first-order chi connectivity index (χ1) is 14.2. The second kappa shape index (κ2) is 9.61. The van der Waals surface area contributed by atoms with Crippen LogP contribution in [0.4, 0.5) is 0 Å². The first kappa shape index (κ1) is 20.2. The molecule has 2 fully saturated rings. The second-order valence-electron chi connectivity index (χ2n) is 8.15. The van der Waals surface area contributed by atoms with Crippen molar-refractivity contribution < 1.29 is 4.79 Å². The van der Waals surface area contributed by atoms with Crippen molar-refractivity contribution in [2.24, 2.45) is 5.92 Å². The van der Waals surface area contributed by atoms with Gasteiger partial charge in [0.05, 0.1) is 11.4 Å². The van der Waals surface area contributed by atoms with E-state index < -0.39 is 0 Å². The van der Waals surface area contributed by atoms with Crippen molar-refractivity contribution in [2.45, 2.75) is 50.3 Å². The highest BCUT2D eigenvalue weighted by Crippen LogP contribution is 2.30. The molecule has 5 nitrogen and oxygen atoms in total. The summed E-state index contributed by atoms with van der Waals surface area (Å²) in [6, 6.07) is 13.3. The third-order valence-electron chi connectivity index (χ3n) is 6.08. The Morgan fingerprint density at radius 1 is 1.00 bits per heavy atom. The zero-order chi connectivity index (χ0) is 20.1. The minimum Gasteiger partial charge on any atom is -0.342 e. The van der Waals surface area contributed by atoms with E-state index in [9.17, 15) is 9.59 Å². The van der Waals surface area contributed by atoms with Crippen molar-refractivity contribution >= 4 is 17.7 Å². The Morgan fingerprint density at radius 2 is 1.72 bits per heavy atom. The summed E-state index contributed by atoms with van der Waals surface area (Å²) in [5.74, 6) is 1.29. The van der Waals surface area contributed by atoms with Crippen LogP contribution in [0.1, 0.15) is 38.5 Å². The average Bonchev–Trinajstić information content (AvgIpc) is 3.28. The number of hydrogen-bond acceptors (Lipinski definition) is 4. The van der Waals surface area contributed by atoms with Crippen LogP contribution < -0.4 is 5.56 Å². The maximum absolute atomic E-state index is 12.5. The minimum atomic E-state index is -0.0591. The molecule has 1 aromatic heterocycles. The van der Waals surface area contributed by atoms with Gasteiger partial charge in [0.25, 0.3) is 5.56 Å². The summed E-state index contributed by atoms with van der Waals surface area (Å²) in [6.07, 6.45) is 7.03. The van der Waals surface area contributed by atoms with Gasteiger partial charge >= 0.3 is 0 Å². The number of amides is 1. The van der Waals surface area contributed by atoms with Crippen molar-refractivity contribution in [3.05, 3.63) is 52.8 Å². The summed E-state index contributed by atoms with van der Waals surface area (Å²) in [5.41, 5.74) is 1.78. The van der Waals surface area contributed by atoms with Crippen LogP contribution in [0.15, 0.2) is 47.3 Å². The number of carbonyl (C=O) groups is 1. The van der Waals surface area contributed by atoms with Gasteiger partial charge in [0.1, 0.15) is 0 Å². The summed E-state index contributed by atoms with van der Waals surface area (Å²) in [4.78, 5) is 26.8. The van der Waals surface area contributed by atoms with Crippen molar-refractivity contribution in [1.82, 2.24) is 14.7 Å². The Labute approximate surface area is 176 Å². The Hall–Kier alpha value is -2.08. The van der Waals surface area contributed by atoms with E-state index in [1.54, 1.807) is 16.8 Å². The molecule has 2 aromatic rings. The maximum Gasteiger partial charge on any atom is 0.266 e. The van der Waals surface area contributed by atoms with Crippen LogP contribution in [0.25, 0.3) is 11.3 Å². The van der Waals surface area contributed by atoms with E-state index in [0.29, 0.717) is 23.5 Å². The van der Waals surface area contributed by atoms with Gasteiger partial charge in [-0.25, -0.2) is 4.68 Å². The molecule has 154 valence electrons. The van der Waals surface area contributed by atoms with Gasteiger partial charge in [-0.2, -0.15) is 5.10 Å². The Bertz CT molecular complexity index is 869. The molecule has 1 saturated carbocycles. The number of hydrogen-bond donors (Lipinski definition) is 0. The molecule has 1 aliphatic carbocycles. The molecule has 0 unspecified atom stereocenters. The highest BCUT2D eigenvalue weighted by molar-refractivity contribution is 8.00. The Balaban J connectivity index is 1.30. The summed E-state index contributed by atoms with van der Waals surface area (Å²) in [5, 5.41) is 5.27. The molecule has 0 bridgehead atoms. The summed E-state index contributed by atoms with van der Waals surface area (Å²) in [6.45, 7) is 2.21. The first-order valence-corrected chi connectivity index (χ1v) is 11.8. The SMILES string of the molecule is O=C(CSC1CCCC1)N1CCC(Cn2nc(-c3ccccc3)ccc2=O)CC1. The molecule has 4 rings (SSSR count). The third-order valence-corrected chi connectivity index (χ3v) is 7.44. The van der Waals surface area contributed by atoms with E-state index in [1.807, 2.05) is 47.0 Å². The first-order valence-electron chi connectivity index (χ1n) is 10.7. The molecular formula is C23H29N3O2S. The lowest BCUT2D eigenvalue weighted by Crippen LogP contribution is -2.41. The number of likely N-dealkylation sites (tertiary alicyclic amines) is 1. The number of nitrogens with zero attached hydrogens (tertiary/aromatic N) is 3. The van der Waals surface area contributed by atoms with Gasteiger partial charge in [-0.1, -0.05) is 43.2 Å². The normalized spacial score (nSPS) is 18.3. The molecule has 2 aliphatic rings. The maximum atomic E-state index is 12.5. The van der Waals surface area contributed by atoms with Gasteiger partial charge in [0.2, 0.25) is 5.91 Å². The number of thioether (sulfide) groups is 1. The molecule has 6 heteroatoms. The van der Waals surface area contributed by atoms with Crippen LogP contribution in [-0.2, 0) is 11.3 Å². The Kier molecular flexibility index (Phi) is 6.70. The van der Waals surface area contributed by atoms with Crippen LogP contribution in [-0.4, -0.2) is 44.7 Å². The van der Waals surface area contributed by atoms with E-state index in [2.05, 4.69) is 5.10 Å². The molecule has 1 saturated heterocycles. The fourth-order valence-corrected chi connectivity index (χ4v) is 5.52. The number of rotatable bonds is 6. The van der Waals surface area contributed by atoms with E-state index in [0.717, 1.165) is 37.2 Å². The van der Waals surface area contributed by atoms with Crippen LogP contribution in [0.5, 0.6) is 0 Å². The van der Waals surface area contributed by atoms with Crippen LogP contribution in [0, 0.1) is 5.92 Å². The molecule has 29 heavy (non-hydrogen) atoms. The van der Waals surface area contributed by atoms with Crippen molar-refractivity contribution in [3.8, 4) is 11.3 Å². The van der Waals surface area contributed by atoms with Gasteiger partial charge in [-0.3, -0.25) is 9.59 Å².